The zero-order chi connectivity index (χ0) is 18.5. The van der Waals surface area contributed by atoms with Crippen molar-refractivity contribution in [1.82, 2.24) is 14.5 Å². The van der Waals surface area contributed by atoms with Gasteiger partial charge in [0.15, 0.2) is 0 Å². The van der Waals surface area contributed by atoms with Crippen molar-refractivity contribution in [1.29, 1.82) is 0 Å². The first-order chi connectivity index (χ1) is 12.6. The van der Waals surface area contributed by atoms with E-state index in [1.807, 2.05) is 36.5 Å². The highest BCUT2D eigenvalue weighted by Gasteiger charge is 2.17. The van der Waals surface area contributed by atoms with Crippen molar-refractivity contribution in [3.8, 4) is 5.69 Å². The van der Waals surface area contributed by atoms with E-state index in [0.717, 1.165) is 34.5 Å². The van der Waals surface area contributed by atoms with E-state index in [1.165, 1.54) is 0 Å². The number of carbonyl (C=O) groups is 1. The summed E-state index contributed by atoms with van der Waals surface area (Å²) in [6, 6.07) is 16.5. The van der Waals surface area contributed by atoms with Gasteiger partial charge in [0, 0.05) is 19.2 Å². The summed E-state index contributed by atoms with van der Waals surface area (Å²) >= 11 is 1.78. The molecule has 1 heterocycles. The molecule has 1 atom stereocenters. The third-order valence-corrected chi connectivity index (χ3v) is 5.52. The summed E-state index contributed by atoms with van der Waals surface area (Å²) in [6.45, 7) is 2.08. The summed E-state index contributed by atoms with van der Waals surface area (Å²) in [5.74, 6) is 1.23. The van der Waals surface area contributed by atoms with E-state index in [1.54, 1.807) is 11.8 Å². The molecule has 0 aliphatic carbocycles. The van der Waals surface area contributed by atoms with Crippen LogP contribution in [-0.2, 0) is 4.79 Å². The highest BCUT2D eigenvalue weighted by atomic mass is 32.2. The number of amides is 1. The lowest BCUT2D eigenvalue weighted by Crippen LogP contribution is -2.29. The van der Waals surface area contributed by atoms with Crippen molar-refractivity contribution in [3.05, 3.63) is 60.4 Å². The molecule has 3 rings (SSSR count). The van der Waals surface area contributed by atoms with Crippen molar-refractivity contribution >= 4 is 28.7 Å². The molecule has 0 spiro atoms. The molecular formula is C21H25N3OS. The van der Waals surface area contributed by atoms with Gasteiger partial charge in [-0.3, -0.25) is 9.36 Å². The summed E-state index contributed by atoms with van der Waals surface area (Å²) in [7, 11) is 1.89. The van der Waals surface area contributed by atoms with Crippen LogP contribution in [0.15, 0.2) is 54.9 Å². The van der Waals surface area contributed by atoms with E-state index >= 15 is 0 Å². The predicted molar refractivity (Wildman–Crippen MR) is 110 cm³/mol. The van der Waals surface area contributed by atoms with Gasteiger partial charge < -0.3 is 4.90 Å². The maximum absolute atomic E-state index is 12.3. The van der Waals surface area contributed by atoms with Gasteiger partial charge >= 0.3 is 0 Å². The molecule has 0 aliphatic heterocycles. The zero-order valence-electron chi connectivity index (χ0n) is 15.6. The Balaban J connectivity index is 1.73. The first-order valence-electron chi connectivity index (χ1n) is 8.89. The van der Waals surface area contributed by atoms with Crippen LogP contribution in [0.4, 0.5) is 0 Å². The first-order valence-corrected chi connectivity index (χ1v) is 10.3. The smallest absolute Gasteiger partial charge is 0.222 e. The molecule has 1 aromatic heterocycles. The Kier molecular flexibility index (Phi) is 5.99. The number of nitrogens with zero attached hydrogens (tertiary/aromatic N) is 3. The fourth-order valence-electron chi connectivity index (χ4n) is 3.06. The molecular weight excluding hydrogens is 342 g/mol. The summed E-state index contributed by atoms with van der Waals surface area (Å²) in [4.78, 5) is 18.6. The van der Waals surface area contributed by atoms with E-state index in [9.17, 15) is 4.79 Å². The van der Waals surface area contributed by atoms with Gasteiger partial charge in [-0.25, -0.2) is 4.98 Å². The lowest BCUT2D eigenvalue weighted by atomic mass is 10.1. The molecule has 0 saturated heterocycles. The first kappa shape index (κ1) is 18.5. The standard InChI is InChI=1S/C21H25N3OS/c1-16(23(2)21(25)9-6-14-26-3)17-10-12-18(13-11-17)24-15-22-19-7-4-5-8-20(19)24/h4-5,7-8,10-13,15-16H,6,9,14H2,1-3H3. The number of hydrogen-bond acceptors (Lipinski definition) is 3. The van der Waals surface area contributed by atoms with Crippen LogP contribution >= 0.6 is 11.8 Å². The fraction of sp³-hybridized carbons (Fsp3) is 0.333. The zero-order valence-corrected chi connectivity index (χ0v) is 16.4. The number of fused-ring (bicyclic) bond motifs is 1. The van der Waals surface area contributed by atoms with Crippen LogP contribution < -0.4 is 0 Å². The minimum Gasteiger partial charge on any atom is -0.339 e. The summed E-state index contributed by atoms with van der Waals surface area (Å²) < 4.78 is 2.08. The van der Waals surface area contributed by atoms with Crippen LogP contribution in [0.2, 0.25) is 0 Å². The van der Waals surface area contributed by atoms with Gasteiger partial charge in [0.05, 0.1) is 17.1 Å². The summed E-state index contributed by atoms with van der Waals surface area (Å²) in [6.07, 6.45) is 5.47. The van der Waals surface area contributed by atoms with Gasteiger partial charge in [0.25, 0.3) is 0 Å². The molecule has 0 N–H and O–H groups in total. The van der Waals surface area contributed by atoms with E-state index in [-0.39, 0.29) is 11.9 Å². The third kappa shape index (κ3) is 3.93. The predicted octanol–water partition coefficient (Wildman–Crippen LogP) is 4.69. The van der Waals surface area contributed by atoms with Crippen molar-refractivity contribution in [2.45, 2.75) is 25.8 Å². The largest absolute Gasteiger partial charge is 0.339 e. The SMILES string of the molecule is CSCCCC(=O)N(C)C(C)c1ccc(-n2cnc3ccccc32)cc1. The average Bonchev–Trinajstić information content (AvgIpc) is 3.11. The van der Waals surface area contributed by atoms with Crippen LogP contribution in [0.1, 0.15) is 31.4 Å². The Morgan fingerprint density at radius 1 is 1.19 bits per heavy atom. The maximum atomic E-state index is 12.3. The number of benzene rings is 2. The molecule has 1 amide bonds. The number of carbonyl (C=O) groups excluding carboxylic acids is 1. The van der Waals surface area contributed by atoms with Crippen molar-refractivity contribution in [2.75, 3.05) is 19.1 Å². The van der Waals surface area contributed by atoms with Gasteiger partial charge in [0.2, 0.25) is 5.91 Å². The molecule has 0 fully saturated rings. The third-order valence-electron chi connectivity index (χ3n) is 4.82. The van der Waals surface area contributed by atoms with Crippen molar-refractivity contribution < 1.29 is 4.79 Å². The summed E-state index contributed by atoms with van der Waals surface area (Å²) in [5.41, 5.74) is 4.29. The van der Waals surface area contributed by atoms with Crippen LogP contribution in [-0.4, -0.2) is 39.4 Å². The molecule has 5 heteroatoms. The second-order valence-electron chi connectivity index (χ2n) is 6.47. The second-order valence-corrected chi connectivity index (χ2v) is 7.46. The molecule has 1 unspecified atom stereocenters. The lowest BCUT2D eigenvalue weighted by molar-refractivity contribution is -0.131. The van der Waals surface area contributed by atoms with Crippen LogP contribution in [0.25, 0.3) is 16.7 Å². The van der Waals surface area contributed by atoms with Gasteiger partial charge in [-0.05, 0) is 55.2 Å². The Hall–Kier alpha value is -2.27. The van der Waals surface area contributed by atoms with Gasteiger partial charge in [-0.2, -0.15) is 11.8 Å². The molecule has 0 radical (unpaired) electrons. The topological polar surface area (TPSA) is 38.1 Å². The van der Waals surface area contributed by atoms with Gasteiger partial charge in [-0.15, -0.1) is 0 Å². The molecule has 26 heavy (non-hydrogen) atoms. The highest BCUT2D eigenvalue weighted by molar-refractivity contribution is 7.98. The van der Waals surface area contributed by atoms with E-state index in [0.29, 0.717) is 6.42 Å². The van der Waals surface area contributed by atoms with E-state index < -0.39 is 0 Å². The van der Waals surface area contributed by atoms with Crippen LogP contribution in [0.5, 0.6) is 0 Å². The van der Waals surface area contributed by atoms with Crippen molar-refractivity contribution in [2.24, 2.45) is 0 Å². The normalized spacial score (nSPS) is 12.3. The van der Waals surface area contributed by atoms with Gasteiger partial charge in [-0.1, -0.05) is 24.3 Å². The number of hydrogen-bond donors (Lipinski definition) is 0. The quantitative estimate of drug-likeness (QED) is 0.569. The Morgan fingerprint density at radius 2 is 1.92 bits per heavy atom. The molecule has 4 nitrogen and oxygen atoms in total. The number of para-hydroxylation sites is 2. The second kappa shape index (κ2) is 8.41. The molecule has 136 valence electrons. The molecule has 0 aliphatic rings. The molecule has 0 saturated carbocycles. The van der Waals surface area contributed by atoms with Crippen LogP contribution in [0, 0.1) is 0 Å². The Morgan fingerprint density at radius 3 is 2.65 bits per heavy atom. The molecule has 3 aromatic rings. The average molecular weight is 368 g/mol. The Bertz CT molecular complexity index is 872. The maximum Gasteiger partial charge on any atom is 0.222 e. The lowest BCUT2D eigenvalue weighted by Gasteiger charge is -2.25. The number of rotatable bonds is 7. The monoisotopic (exact) mass is 367 g/mol. The van der Waals surface area contributed by atoms with E-state index in [4.69, 9.17) is 0 Å². The number of aromatic nitrogens is 2. The van der Waals surface area contributed by atoms with Gasteiger partial charge in [0.1, 0.15) is 6.33 Å². The highest BCUT2D eigenvalue weighted by Crippen LogP contribution is 2.23. The Labute approximate surface area is 159 Å². The minimum atomic E-state index is 0.0605. The number of thioether (sulfide) groups is 1. The molecule has 2 aromatic carbocycles. The number of imidazole rings is 1. The summed E-state index contributed by atoms with van der Waals surface area (Å²) in [5, 5.41) is 0. The molecule has 0 bridgehead atoms. The van der Waals surface area contributed by atoms with Crippen molar-refractivity contribution in [3.63, 3.8) is 0 Å². The van der Waals surface area contributed by atoms with E-state index in [2.05, 4.69) is 53.1 Å². The minimum absolute atomic E-state index is 0.0605. The fourth-order valence-corrected chi connectivity index (χ4v) is 3.50. The van der Waals surface area contributed by atoms with Crippen LogP contribution in [0.3, 0.4) is 0 Å².